The number of anilines is 1. The molecule has 0 heterocycles. The quantitative estimate of drug-likeness (QED) is 0.490. The molecular weight excluding hydrogens is 440 g/mol. The molecule has 0 aliphatic carbocycles. The maximum Gasteiger partial charge on any atom is 0.251 e. The van der Waals surface area contributed by atoms with Crippen molar-refractivity contribution < 1.29 is 18.9 Å². The molecule has 8 nitrogen and oxygen atoms in total. The Morgan fingerprint density at radius 1 is 1.32 bits per heavy atom. The molecule has 0 aliphatic rings. The summed E-state index contributed by atoms with van der Waals surface area (Å²) in [6, 6.07) is 10.6. The third kappa shape index (κ3) is 6.38. The van der Waals surface area contributed by atoms with Crippen molar-refractivity contribution in [3.8, 4) is 11.8 Å². The van der Waals surface area contributed by atoms with Crippen molar-refractivity contribution in [3.63, 3.8) is 0 Å². The molecule has 1 unspecified atom stereocenters. The van der Waals surface area contributed by atoms with Crippen molar-refractivity contribution in [1.82, 2.24) is 5.32 Å². The third-order valence-corrected chi connectivity index (χ3v) is 6.72. The Bertz CT molecular complexity index is 1140. The van der Waals surface area contributed by atoms with Crippen LogP contribution in [0.25, 0.3) is 0 Å². The Morgan fingerprint density at radius 2 is 2.03 bits per heavy atom. The highest BCUT2D eigenvalue weighted by Crippen LogP contribution is 2.26. The summed E-state index contributed by atoms with van der Waals surface area (Å²) in [4.78, 5) is 24.2. The smallest absolute Gasteiger partial charge is 0.251 e. The number of aromatic hydroxyl groups is 1. The standard InChI is InChI=1S/C21H23ClN4O4S/c1-3-6-31(2,30)26(13-20(24)28)18-9-16(8-17(22)10-18)21(29)25-12-15-5-4-14(11-23)7-19(15)27/h4-5,7-10,27H,2-3,6,12-13H2,1H3,(H2,24,28)(H,25,29). The molecule has 0 saturated heterocycles. The molecule has 1 atom stereocenters. The molecule has 2 amide bonds. The molecule has 0 spiro atoms. The molecule has 0 aromatic heterocycles. The van der Waals surface area contributed by atoms with E-state index in [1.807, 2.05) is 13.0 Å². The molecule has 0 fully saturated rings. The predicted octanol–water partition coefficient (Wildman–Crippen LogP) is 2.18. The van der Waals surface area contributed by atoms with Crippen LogP contribution in [0.5, 0.6) is 5.75 Å². The van der Waals surface area contributed by atoms with Crippen LogP contribution in [0.1, 0.15) is 34.8 Å². The fourth-order valence-electron chi connectivity index (χ4n) is 2.88. The summed E-state index contributed by atoms with van der Waals surface area (Å²) >= 11 is 6.17. The number of halogens is 1. The van der Waals surface area contributed by atoms with E-state index in [4.69, 9.17) is 22.6 Å². The molecule has 0 radical (unpaired) electrons. The number of carbonyl (C=O) groups is 2. The van der Waals surface area contributed by atoms with E-state index in [1.54, 1.807) is 0 Å². The zero-order chi connectivity index (χ0) is 23.2. The second-order valence-corrected chi connectivity index (χ2v) is 9.65. The number of hydrogen-bond acceptors (Lipinski definition) is 5. The van der Waals surface area contributed by atoms with Crippen LogP contribution in [-0.4, -0.2) is 39.3 Å². The van der Waals surface area contributed by atoms with Gasteiger partial charge in [0, 0.05) is 38.2 Å². The van der Waals surface area contributed by atoms with Gasteiger partial charge < -0.3 is 16.2 Å². The second kappa shape index (κ2) is 10.2. The maximum absolute atomic E-state index is 13.0. The molecule has 10 heteroatoms. The van der Waals surface area contributed by atoms with Gasteiger partial charge in [-0.3, -0.25) is 13.9 Å². The van der Waals surface area contributed by atoms with Gasteiger partial charge in [-0.15, -0.1) is 0 Å². The number of primary amides is 1. The van der Waals surface area contributed by atoms with Gasteiger partial charge in [0.05, 0.1) is 17.3 Å². The van der Waals surface area contributed by atoms with E-state index < -0.39 is 21.5 Å². The number of nitrogens with zero attached hydrogens (tertiary/aromatic N) is 2. The number of hydrogen-bond donors (Lipinski definition) is 3. The first-order valence-electron chi connectivity index (χ1n) is 9.29. The molecule has 0 saturated carbocycles. The monoisotopic (exact) mass is 462 g/mol. The van der Waals surface area contributed by atoms with E-state index in [0.29, 0.717) is 17.5 Å². The second-order valence-electron chi connectivity index (χ2n) is 6.82. The average molecular weight is 463 g/mol. The summed E-state index contributed by atoms with van der Waals surface area (Å²) in [5.74, 6) is 2.66. The molecule has 2 aromatic rings. The highest BCUT2D eigenvalue weighted by Gasteiger charge is 2.21. The number of phenolic OH excluding ortho intramolecular Hbond substituents is 1. The number of benzene rings is 2. The highest BCUT2D eigenvalue weighted by molar-refractivity contribution is 8.01. The minimum atomic E-state index is -2.86. The number of phenols is 1. The lowest BCUT2D eigenvalue weighted by molar-refractivity contribution is -0.116. The Balaban J connectivity index is 2.31. The summed E-state index contributed by atoms with van der Waals surface area (Å²) in [6.07, 6.45) is 0.569. The normalized spacial score (nSPS) is 12.4. The zero-order valence-corrected chi connectivity index (χ0v) is 18.5. The van der Waals surface area contributed by atoms with Crippen LogP contribution >= 0.6 is 11.6 Å². The van der Waals surface area contributed by atoms with Gasteiger partial charge in [0.15, 0.2) is 0 Å². The number of amides is 2. The van der Waals surface area contributed by atoms with E-state index in [1.165, 1.54) is 40.7 Å². The SMILES string of the molecule is C=S(=O)(CCC)N(CC(N)=O)c1cc(Cl)cc(C(=O)NCc2ccc(C#N)cc2O)c1. The summed E-state index contributed by atoms with van der Waals surface area (Å²) in [7, 11) is -2.86. The lowest BCUT2D eigenvalue weighted by Crippen LogP contribution is -2.39. The van der Waals surface area contributed by atoms with Crippen LogP contribution in [0.15, 0.2) is 36.4 Å². The lowest BCUT2D eigenvalue weighted by atomic mass is 10.1. The first-order valence-corrected chi connectivity index (χ1v) is 11.5. The molecule has 2 rings (SSSR count). The summed E-state index contributed by atoms with van der Waals surface area (Å²) < 4.78 is 14.3. The van der Waals surface area contributed by atoms with Crippen LogP contribution in [0.2, 0.25) is 5.02 Å². The lowest BCUT2D eigenvalue weighted by Gasteiger charge is -2.27. The van der Waals surface area contributed by atoms with Crippen molar-refractivity contribution in [1.29, 1.82) is 5.26 Å². The molecule has 0 bridgehead atoms. The Kier molecular flexibility index (Phi) is 7.91. The van der Waals surface area contributed by atoms with Crippen molar-refractivity contribution in [2.24, 2.45) is 5.73 Å². The Labute approximate surface area is 186 Å². The van der Waals surface area contributed by atoms with Crippen LogP contribution in [0.3, 0.4) is 0 Å². The Morgan fingerprint density at radius 3 is 2.61 bits per heavy atom. The van der Waals surface area contributed by atoms with Gasteiger partial charge in [-0.1, -0.05) is 24.6 Å². The fraction of sp³-hybridized carbons (Fsp3) is 0.238. The van der Waals surface area contributed by atoms with Gasteiger partial charge in [0.25, 0.3) is 5.91 Å². The largest absolute Gasteiger partial charge is 0.508 e. The summed E-state index contributed by atoms with van der Waals surface area (Å²) in [6.45, 7) is 1.50. The number of carbonyl (C=O) groups excluding carboxylic acids is 2. The Hall–Kier alpha value is -3.22. The van der Waals surface area contributed by atoms with E-state index in [9.17, 15) is 18.9 Å². The van der Waals surface area contributed by atoms with Crippen molar-refractivity contribution in [2.75, 3.05) is 16.6 Å². The van der Waals surface area contributed by atoms with E-state index in [-0.39, 0.29) is 40.9 Å². The topological polar surface area (TPSA) is 137 Å². The van der Waals surface area contributed by atoms with E-state index in [0.717, 1.165) is 0 Å². The zero-order valence-electron chi connectivity index (χ0n) is 16.9. The number of nitrogens with two attached hydrogens (primary N) is 1. The van der Waals surface area contributed by atoms with Crippen molar-refractivity contribution >= 4 is 44.7 Å². The maximum atomic E-state index is 13.0. The average Bonchev–Trinajstić information content (AvgIpc) is 2.70. The summed E-state index contributed by atoms with van der Waals surface area (Å²) in [5, 5.41) is 21.7. The number of nitrogens with one attached hydrogen (secondary N) is 1. The highest BCUT2D eigenvalue weighted by atomic mass is 35.5. The molecule has 4 N–H and O–H groups in total. The minimum Gasteiger partial charge on any atom is -0.508 e. The van der Waals surface area contributed by atoms with Crippen molar-refractivity contribution in [3.05, 3.63) is 58.1 Å². The van der Waals surface area contributed by atoms with Crippen LogP contribution in [-0.2, 0) is 21.0 Å². The molecular formula is C21H23ClN4O4S. The van der Waals surface area contributed by atoms with Crippen molar-refractivity contribution in [2.45, 2.75) is 19.9 Å². The van der Waals surface area contributed by atoms with Crippen LogP contribution in [0, 0.1) is 11.3 Å². The molecule has 164 valence electrons. The van der Waals surface area contributed by atoms with E-state index >= 15 is 0 Å². The molecule has 0 aliphatic heterocycles. The third-order valence-electron chi connectivity index (χ3n) is 4.31. The molecule has 31 heavy (non-hydrogen) atoms. The van der Waals surface area contributed by atoms with Gasteiger partial charge in [-0.2, -0.15) is 5.26 Å². The first kappa shape index (κ1) is 24.1. The van der Waals surface area contributed by atoms with Gasteiger partial charge in [-0.05, 0) is 42.6 Å². The molecule has 2 aromatic carbocycles. The summed E-state index contributed by atoms with van der Waals surface area (Å²) in [5.41, 5.74) is 6.48. The minimum absolute atomic E-state index is 0.00509. The van der Waals surface area contributed by atoms with Gasteiger partial charge >= 0.3 is 0 Å². The number of rotatable bonds is 9. The fourth-order valence-corrected chi connectivity index (χ4v) is 4.82. The van der Waals surface area contributed by atoms with E-state index in [2.05, 4.69) is 11.2 Å². The number of nitriles is 1. The predicted molar refractivity (Wildman–Crippen MR) is 122 cm³/mol. The van der Waals surface area contributed by atoms with Gasteiger partial charge in [0.1, 0.15) is 12.3 Å². The van der Waals surface area contributed by atoms with Gasteiger partial charge in [-0.25, -0.2) is 4.21 Å². The first-order chi connectivity index (χ1) is 14.6. The van der Waals surface area contributed by atoms with Gasteiger partial charge in [0.2, 0.25) is 5.91 Å². The van der Waals surface area contributed by atoms with Crippen LogP contribution < -0.4 is 15.4 Å². The van der Waals surface area contributed by atoms with Crippen LogP contribution in [0.4, 0.5) is 5.69 Å².